The largest absolute Gasteiger partial charge is 0.299 e. The van der Waals surface area contributed by atoms with Crippen molar-refractivity contribution in [2.45, 2.75) is 12.8 Å². The molecule has 0 aromatic heterocycles. The number of hydrogen-bond donors (Lipinski definition) is 0. The minimum atomic E-state index is 0.235. The average Bonchev–Trinajstić information content (AvgIpc) is 2.53. The molecule has 4 aliphatic rings. The second-order valence-corrected chi connectivity index (χ2v) is 4.15. The summed E-state index contributed by atoms with van der Waals surface area (Å²) in [7, 11) is 0. The Bertz CT molecular complexity index is 287. The lowest BCUT2D eigenvalue weighted by atomic mass is 9.63. The van der Waals surface area contributed by atoms with Crippen molar-refractivity contribution < 1.29 is 4.79 Å². The van der Waals surface area contributed by atoms with Crippen LogP contribution in [0.5, 0.6) is 0 Å². The van der Waals surface area contributed by atoms with Gasteiger partial charge in [-0.15, -0.1) is 0 Å². The summed E-state index contributed by atoms with van der Waals surface area (Å²) in [6.07, 6.45) is 10.9. The van der Waals surface area contributed by atoms with E-state index in [9.17, 15) is 4.79 Å². The number of fused-ring (bicyclic) bond motifs is 1. The summed E-state index contributed by atoms with van der Waals surface area (Å²) in [6, 6.07) is 0. The van der Waals surface area contributed by atoms with E-state index in [1.807, 2.05) is 0 Å². The molecule has 4 rings (SSSR count). The molecule has 0 aliphatic heterocycles. The van der Waals surface area contributed by atoms with Crippen LogP contribution in [0.3, 0.4) is 0 Å². The average molecular weight is 160 g/mol. The maximum atomic E-state index is 11.5. The van der Waals surface area contributed by atoms with Crippen molar-refractivity contribution in [1.29, 1.82) is 0 Å². The van der Waals surface area contributed by atoms with Gasteiger partial charge in [0.05, 0.1) is 0 Å². The second-order valence-electron chi connectivity index (χ2n) is 4.15. The Balaban J connectivity index is 2.05. The quantitative estimate of drug-likeness (QED) is 0.495. The molecule has 1 nitrogen and oxygen atoms in total. The highest BCUT2D eigenvalue weighted by Crippen LogP contribution is 2.47. The van der Waals surface area contributed by atoms with E-state index in [0.717, 1.165) is 12.3 Å². The molecule has 0 unspecified atom stereocenters. The Morgan fingerprint density at radius 2 is 2.17 bits per heavy atom. The zero-order chi connectivity index (χ0) is 8.13. The zero-order valence-electron chi connectivity index (χ0n) is 6.94. The third kappa shape index (κ3) is 0.669. The van der Waals surface area contributed by atoms with Crippen LogP contribution in [0.2, 0.25) is 0 Å². The van der Waals surface area contributed by atoms with Crippen molar-refractivity contribution in [3.8, 4) is 0 Å². The van der Waals surface area contributed by atoms with Gasteiger partial charge in [-0.05, 0) is 24.2 Å². The summed E-state index contributed by atoms with van der Waals surface area (Å²) in [5, 5.41) is 0. The standard InChI is InChI=1S/C11H12O/c12-11-6-7-4-5-10(11)9-3-1-2-8(7)9/h1,3-5,7-10H,2,6H2/t7-,8-,9-,10-/m1/s1. The van der Waals surface area contributed by atoms with E-state index in [-0.39, 0.29) is 5.92 Å². The minimum absolute atomic E-state index is 0.235. The molecule has 4 aliphatic carbocycles. The number of hydrogen-bond acceptors (Lipinski definition) is 1. The van der Waals surface area contributed by atoms with Crippen LogP contribution >= 0.6 is 0 Å². The first-order valence-electron chi connectivity index (χ1n) is 4.74. The molecule has 4 atom stereocenters. The van der Waals surface area contributed by atoms with Gasteiger partial charge in [0, 0.05) is 12.3 Å². The molecule has 0 spiro atoms. The highest BCUT2D eigenvalue weighted by Gasteiger charge is 2.44. The van der Waals surface area contributed by atoms with Gasteiger partial charge in [-0.3, -0.25) is 4.79 Å². The normalized spacial score (nSPS) is 48.5. The van der Waals surface area contributed by atoms with E-state index in [2.05, 4.69) is 24.3 Å². The van der Waals surface area contributed by atoms with Crippen molar-refractivity contribution >= 4 is 5.78 Å². The lowest BCUT2D eigenvalue weighted by Gasteiger charge is -2.40. The van der Waals surface area contributed by atoms with Crippen LogP contribution in [-0.2, 0) is 4.79 Å². The number of rotatable bonds is 0. The van der Waals surface area contributed by atoms with Gasteiger partial charge >= 0.3 is 0 Å². The molecule has 1 saturated carbocycles. The van der Waals surface area contributed by atoms with Crippen molar-refractivity contribution in [2.75, 3.05) is 0 Å². The van der Waals surface area contributed by atoms with Crippen LogP contribution in [0.25, 0.3) is 0 Å². The predicted octanol–water partition coefficient (Wildman–Crippen LogP) is 1.95. The molecule has 1 fully saturated rings. The summed E-state index contributed by atoms with van der Waals surface area (Å²) >= 11 is 0. The van der Waals surface area contributed by atoms with Gasteiger partial charge in [0.25, 0.3) is 0 Å². The lowest BCUT2D eigenvalue weighted by molar-refractivity contribution is -0.127. The van der Waals surface area contributed by atoms with Crippen LogP contribution in [-0.4, -0.2) is 5.78 Å². The Morgan fingerprint density at radius 3 is 3.00 bits per heavy atom. The minimum Gasteiger partial charge on any atom is -0.299 e. The smallest absolute Gasteiger partial charge is 0.140 e. The van der Waals surface area contributed by atoms with Crippen LogP contribution in [0.1, 0.15) is 12.8 Å². The third-order valence-electron chi connectivity index (χ3n) is 3.60. The van der Waals surface area contributed by atoms with Gasteiger partial charge in [-0.25, -0.2) is 0 Å². The van der Waals surface area contributed by atoms with Crippen LogP contribution in [0.4, 0.5) is 0 Å². The monoisotopic (exact) mass is 160 g/mol. The molecular formula is C11H12O. The van der Waals surface area contributed by atoms with Crippen molar-refractivity contribution in [3.05, 3.63) is 24.3 Å². The highest BCUT2D eigenvalue weighted by molar-refractivity contribution is 5.86. The van der Waals surface area contributed by atoms with Crippen molar-refractivity contribution in [3.63, 3.8) is 0 Å². The Kier molecular flexibility index (Phi) is 1.16. The maximum absolute atomic E-state index is 11.5. The van der Waals surface area contributed by atoms with Crippen molar-refractivity contribution in [2.24, 2.45) is 23.7 Å². The molecule has 0 saturated heterocycles. The SMILES string of the molecule is O=C1C[C@H]2C=C[C@@H]1[C@@H]1C=CC[C@@H]12. The van der Waals surface area contributed by atoms with Crippen molar-refractivity contribution in [1.82, 2.24) is 0 Å². The molecule has 0 heterocycles. The van der Waals surface area contributed by atoms with Gasteiger partial charge in [0.15, 0.2) is 0 Å². The molecule has 0 aromatic rings. The lowest BCUT2D eigenvalue weighted by Crippen LogP contribution is -2.39. The fourth-order valence-corrected chi connectivity index (χ4v) is 2.98. The zero-order valence-corrected chi connectivity index (χ0v) is 6.94. The molecule has 62 valence electrons. The summed E-state index contributed by atoms with van der Waals surface area (Å²) in [4.78, 5) is 11.5. The molecule has 2 bridgehead atoms. The molecule has 1 heteroatoms. The molecule has 0 amide bonds. The summed E-state index contributed by atoms with van der Waals surface area (Å²) in [5.41, 5.74) is 0. The summed E-state index contributed by atoms with van der Waals surface area (Å²) < 4.78 is 0. The van der Waals surface area contributed by atoms with Crippen LogP contribution < -0.4 is 0 Å². The van der Waals surface area contributed by atoms with Gasteiger partial charge in [0.2, 0.25) is 0 Å². The van der Waals surface area contributed by atoms with E-state index in [1.54, 1.807) is 0 Å². The Hall–Kier alpha value is -0.850. The molecule has 0 radical (unpaired) electrons. The highest BCUT2D eigenvalue weighted by atomic mass is 16.1. The Morgan fingerprint density at radius 1 is 1.25 bits per heavy atom. The van der Waals surface area contributed by atoms with Gasteiger partial charge < -0.3 is 0 Å². The fraction of sp³-hybridized carbons (Fsp3) is 0.545. The molecule has 0 N–H and O–H groups in total. The third-order valence-corrected chi connectivity index (χ3v) is 3.60. The number of ketones is 1. The van der Waals surface area contributed by atoms with E-state index in [4.69, 9.17) is 0 Å². The fourth-order valence-electron chi connectivity index (χ4n) is 2.98. The molecule has 0 aromatic carbocycles. The van der Waals surface area contributed by atoms with Gasteiger partial charge in [0.1, 0.15) is 5.78 Å². The van der Waals surface area contributed by atoms with E-state index in [0.29, 0.717) is 17.6 Å². The first-order valence-corrected chi connectivity index (χ1v) is 4.74. The van der Waals surface area contributed by atoms with Gasteiger partial charge in [-0.2, -0.15) is 0 Å². The van der Waals surface area contributed by atoms with Crippen LogP contribution in [0.15, 0.2) is 24.3 Å². The summed E-state index contributed by atoms with van der Waals surface area (Å²) in [5.74, 6) is 2.58. The van der Waals surface area contributed by atoms with Crippen LogP contribution in [0, 0.1) is 23.7 Å². The second kappa shape index (κ2) is 2.09. The Labute approximate surface area is 72.2 Å². The van der Waals surface area contributed by atoms with Gasteiger partial charge in [-0.1, -0.05) is 24.3 Å². The van der Waals surface area contributed by atoms with E-state index >= 15 is 0 Å². The number of carbonyl (C=O) groups is 1. The number of Topliss-reactive ketones (excluding diaryl/α,β-unsaturated/α-hetero) is 1. The number of carbonyl (C=O) groups excluding carboxylic acids is 1. The molecule has 12 heavy (non-hydrogen) atoms. The summed E-state index contributed by atoms with van der Waals surface area (Å²) in [6.45, 7) is 0. The topological polar surface area (TPSA) is 17.1 Å². The number of allylic oxidation sites excluding steroid dienone is 4. The first kappa shape index (κ1) is 6.64. The predicted molar refractivity (Wildman–Crippen MR) is 46.5 cm³/mol. The first-order chi connectivity index (χ1) is 5.86. The van der Waals surface area contributed by atoms with E-state index < -0.39 is 0 Å². The maximum Gasteiger partial charge on any atom is 0.140 e. The molecular weight excluding hydrogens is 148 g/mol. The van der Waals surface area contributed by atoms with E-state index in [1.165, 1.54) is 6.42 Å².